The summed E-state index contributed by atoms with van der Waals surface area (Å²) in [5.74, 6) is 0. The molecule has 0 aromatic heterocycles. The molecule has 320 valence electrons. The third kappa shape index (κ3) is 6.20. The van der Waals surface area contributed by atoms with Gasteiger partial charge in [-0.2, -0.15) is 34.5 Å². The van der Waals surface area contributed by atoms with Crippen LogP contribution in [0.1, 0.15) is 0 Å². The highest BCUT2D eigenvalue weighted by Gasteiger charge is 2.86. The van der Waals surface area contributed by atoms with Crippen LogP contribution >= 0.6 is 93.9 Å². The van der Waals surface area contributed by atoms with Gasteiger partial charge in [-0.1, -0.05) is 0 Å². The summed E-state index contributed by atoms with van der Waals surface area (Å²) in [6.07, 6.45) is -16.6. The quantitative estimate of drug-likeness (QED) is 0.253. The smallest absolute Gasteiger partial charge is 0.227 e. The van der Waals surface area contributed by atoms with Crippen LogP contribution < -0.4 is 0 Å². The summed E-state index contributed by atoms with van der Waals surface area (Å²) in [6, 6.07) is 0. The molecular formula is C5O40P12. The molecule has 0 aromatic rings. The van der Waals surface area contributed by atoms with Gasteiger partial charge in [-0.25, -0.2) is 145 Å². The molecule has 0 saturated carbocycles. The van der Waals surface area contributed by atoms with E-state index in [0.717, 1.165) is 0 Å². The maximum Gasteiger partial charge on any atom is 0.498 e. The van der Waals surface area contributed by atoms with E-state index in [-0.39, 0.29) is 0 Å². The van der Waals surface area contributed by atoms with Crippen molar-refractivity contribution >= 4 is 93.9 Å². The number of phosphoric ester groups is 8. The van der Waals surface area contributed by atoms with Gasteiger partial charge in [-0.05, 0) is 0 Å². The van der Waals surface area contributed by atoms with Gasteiger partial charge in [0, 0.05) is 0 Å². The Morgan fingerprint density at radius 1 is 0.246 bits per heavy atom. The van der Waals surface area contributed by atoms with Crippen LogP contribution in [0.3, 0.4) is 0 Å². The molecular weight excluding hydrogens is 1070 g/mol. The molecule has 10 bridgehead atoms. The summed E-state index contributed by atoms with van der Waals surface area (Å²) in [6.45, 7) is 0. The van der Waals surface area contributed by atoms with E-state index in [1.54, 1.807) is 0 Å². The second-order valence-corrected chi connectivity index (χ2v) is 30.0. The molecule has 52 heteroatoms. The van der Waals surface area contributed by atoms with E-state index in [1.807, 2.05) is 0 Å². The van der Waals surface area contributed by atoms with Gasteiger partial charge in [0.25, 0.3) is 0 Å². The first-order valence-corrected chi connectivity index (χ1v) is 30.4. The Morgan fingerprint density at radius 2 is 0.509 bits per heavy atom. The number of hydrogen-bond donors (Lipinski definition) is 0. The van der Waals surface area contributed by atoms with Crippen molar-refractivity contribution in [2.45, 2.75) is 30.8 Å². The first kappa shape index (κ1) is 40.2. The Kier molecular flexibility index (Phi) is 7.52. The van der Waals surface area contributed by atoms with Crippen molar-refractivity contribution < 1.29 is 180 Å². The zero-order valence-electron chi connectivity index (χ0n) is 24.2. The molecule has 16 aliphatic rings. The number of hydrogen-bond acceptors (Lipinski definition) is 40. The predicted molar refractivity (Wildman–Crippen MR) is 135 cm³/mol. The average molecular weight is 1070 g/mol. The Labute approximate surface area is 304 Å². The molecule has 40 nitrogen and oxygen atoms in total. The Bertz CT molecular complexity index is 2400. The largest absolute Gasteiger partial charge is 0.498 e. The zero-order chi connectivity index (χ0) is 40.3. The van der Waals surface area contributed by atoms with Crippen LogP contribution in [0, 0.1) is 0 Å². The fourth-order valence-corrected chi connectivity index (χ4v) is 26.1. The second-order valence-electron chi connectivity index (χ2n) is 10.3. The normalized spacial score (nSPS) is 68.6. The lowest BCUT2D eigenvalue weighted by molar-refractivity contribution is -0.480. The van der Waals surface area contributed by atoms with E-state index >= 15 is 0 Å². The molecule has 0 radical (unpaired) electrons. The summed E-state index contributed by atoms with van der Waals surface area (Å²) in [7, 11) is -63.3. The lowest BCUT2D eigenvalue weighted by Crippen LogP contribution is -2.55. The van der Waals surface area contributed by atoms with Crippen molar-refractivity contribution in [1.82, 2.24) is 0 Å². The van der Waals surface area contributed by atoms with E-state index in [1.165, 1.54) is 0 Å². The van der Waals surface area contributed by atoms with Crippen LogP contribution in [0.4, 0.5) is 0 Å². The maximum absolute atomic E-state index is 13.2. The van der Waals surface area contributed by atoms with Crippen molar-refractivity contribution in [3.05, 3.63) is 0 Å². The fraction of sp³-hybridized carbons (Fsp3) is 1.00. The molecule has 57 heavy (non-hydrogen) atoms. The summed E-state index contributed by atoms with van der Waals surface area (Å²) in [4.78, 5) is 0. The van der Waals surface area contributed by atoms with Gasteiger partial charge >= 0.3 is 125 Å². The monoisotopic (exact) mass is 1070 g/mol. The Hall–Kier alpha value is 1.64. The van der Waals surface area contributed by atoms with Gasteiger partial charge in [0.2, 0.25) is 0 Å². The van der Waals surface area contributed by atoms with E-state index in [4.69, 9.17) is 0 Å². The number of phosphoric acid groups is 12. The molecule has 6 atom stereocenters. The molecule has 0 N–H and O–H groups in total. The first-order chi connectivity index (χ1) is 25.8. The van der Waals surface area contributed by atoms with Gasteiger partial charge in [0.05, 0.1) is 0 Å². The van der Waals surface area contributed by atoms with Crippen molar-refractivity contribution in [3.63, 3.8) is 0 Å². The third-order valence-corrected chi connectivity index (χ3v) is 27.8. The molecule has 3 spiro atoms. The van der Waals surface area contributed by atoms with Crippen LogP contribution in [0.15, 0.2) is 0 Å². The van der Waals surface area contributed by atoms with Gasteiger partial charge in [-0.3, -0.25) is 0 Å². The SMILES string of the molecule is O=P1(OP2(=O)OC3(OP4(=O)OC56OP(=O)(O5)OP(=O)(O6)O4)OP(=O)(O3)O2)OC2(O1)OP(=O)(OP1(=O)OC3(OP4(=O)OC56OP(=O)(O5)OP(=O)(O6)O4)OP(=O)(O3)O1)O2. The lowest BCUT2D eigenvalue weighted by atomic mass is 11.2. The minimum atomic E-state index is -5.76. The standard InChI is InChI=1S/C5O40P12/c6-46(38-54(14)34-2(22-48(8,23-2)40-54)26-50(10)28-4-30-52(12,31-4)44-56(16,36-4)42-50)18-1(19-46)20-47(7,21-1)39-55(15)35-3(24-49(9,25-3)41-55)27-51(11)29-5-32-53(13,33-5)45-57(17,37-5)43-51. The highest BCUT2D eigenvalue weighted by atomic mass is 31.3. The molecule has 0 aromatic carbocycles. The molecule has 16 heterocycles. The molecule has 16 rings (SSSR count). The molecule has 0 amide bonds. The Morgan fingerprint density at radius 3 is 0.842 bits per heavy atom. The average Bonchev–Trinajstić information content (AvgIpc) is 2.81. The van der Waals surface area contributed by atoms with Crippen molar-refractivity contribution in [2.24, 2.45) is 0 Å². The minimum Gasteiger partial charge on any atom is -0.227 e. The van der Waals surface area contributed by atoms with Gasteiger partial charge in [0.1, 0.15) is 0 Å². The van der Waals surface area contributed by atoms with E-state index < -0.39 is 125 Å². The van der Waals surface area contributed by atoms with E-state index in [2.05, 4.69) is 125 Å². The second kappa shape index (κ2) is 10.7. The van der Waals surface area contributed by atoms with Gasteiger partial charge < -0.3 is 0 Å². The Balaban J connectivity index is 0.693. The minimum absolute atomic E-state index is 3.08. The number of rotatable bonds is 8. The van der Waals surface area contributed by atoms with Crippen molar-refractivity contribution in [1.29, 1.82) is 0 Å². The molecule has 16 aliphatic heterocycles. The topological polar surface area (TPSA) is 463 Å². The molecule has 0 aliphatic carbocycles. The molecule has 16 fully saturated rings. The zero-order valence-corrected chi connectivity index (χ0v) is 34.9. The molecule has 16 saturated heterocycles. The van der Waals surface area contributed by atoms with Crippen molar-refractivity contribution in [3.8, 4) is 0 Å². The maximum atomic E-state index is 13.2. The third-order valence-electron chi connectivity index (χ3n) is 6.07. The summed E-state index contributed by atoms with van der Waals surface area (Å²) < 4.78 is 278. The van der Waals surface area contributed by atoms with Crippen molar-refractivity contribution in [2.75, 3.05) is 0 Å². The fourth-order valence-electron chi connectivity index (χ4n) is 4.66. The van der Waals surface area contributed by atoms with Crippen LogP contribution in [0.25, 0.3) is 0 Å². The van der Waals surface area contributed by atoms with Gasteiger partial charge in [0.15, 0.2) is 0 Å². The van der Waals surface area contributed by atoms with Crippen LogP contribution in [-0.4, -0.2) is 30.8 Å². The highest BCUT2D eigenvalue weighted by molar-refractivity contribution is 7.72. The van der Waals surface area contributed by atoms with Gasteiger partial charge in [-0.15, -0.1) is 0 Å². The summed E-state index contributed by atoms with van der Waals surface area (Å²) in [5.41, 5.74) is 0. The highest BCUT2D eigenvalue weighted by Crippen LogP contribution is 2.95. The first-order valence-electron chi connectivity index (χ1n) is 12.8. The number of fused-ring (bicyclic) bond motifs is 4. The summed E-state index contributed by atoms with van der Waals surface area (Å²) >= 11 is 0. The lowest BCUT2D eigenvalue weighted by Gasteiger charge is -2.53. The summed E-state index contributed by atoms with van der Waals surface area (Å²) in [5, 5.41) is 0. The van der Waals surface area contributed by atoms with Crippen LogP contribution in [0.2, 0.25) is 0 Å². The van der Waals surface area contributed by atoms with Crippen LogP contribution in [0.5, 0.6) is 0 Å². The predicted octanol–water partition coefficient (Wildman–Crippen LogP) is 5.97. The van der Waals surface area contributed by atoms with E-state index in [9.17, 15) is 54.8 Å². The van der Waals surface area contributed by atoms with E-state index in [0.29, 0.717) is 0 Å². The molecule has 6 unspecified atom stereocenters. The van der Waals surface area contributed by atoms with Crippen LogP contribution in [-0.2, 0) is 180 Å².